The highest BCUT2D eigenvalue weighted by molar-refractivity contribution is 8.22. The lowest BCUT2D eigenvalue weighted by atomic mass is 9.69. The van der Waals surface area contributed by atoms with Gasteiger partial charge in [0.05, 0.1) is 54.8 Å². The van der Waals surface area contributed by atoms with E-state index >= 15 is 0 Å². The van der Waals surface area contributed by atoms with Crippen molar-refractivity contribution in [2.24, 2.45) is 5.41 Å². The third kappa shape index (κ3) is 7.62. The maximum atomic E-state index is 14.4. The Labute approximate surface area is 316 Å². The van der Waals surface area contributed by atoms with Gasteiger partial charge in [0, 0.05) is 25.2 Å². The molecule has 0 aliphatic carbocycles. The number of rotatable bonds is 13. The summed E-state index contributed by atoms with van der Waals surface area (Å²) in [6, 6.07) is 12.8. The van der Waals surface area contributed by atoms with Gasteiger partial charge in [-0.1, -0.05) is 50.3 Å². The van der Waals surface area contributed by atoms with Crippen molar-refractivity contribution in [2.45, 2.75) is 84.0 Å². The summed E-state index contributed by atoms with van der Waals surface area (Å²) >= 11 is 0. The van der Waals surface area contributed by atoms with Crippen LogP contribution in [-0.4, -0.2) is 91.4 Å². The standard InChI is InChI=1S/C38H49N9O6S/c1-7-29-20-46(54(51,52)32-10-9-15-39-35(32)53-29)19-26-16-25(12-11-23(26)3)33(30-13-14-31-34(24(30)4)44-45-47(31)8-2)38(5,6)36(50)42-27-17-40-37(41-18-27)43-28(21-48)22-49/h9-18,28-29,33,48-49,51-52H,7-8,19-22H2,1-6H3,(H,42,50)(H,40,41,43). The molecule has 2 unspecified atom stereocenters. The van der Waals surface area contributed by atoms with Crippen molar-refractivity contribution in [1.29, 1.82) is 0 Å². The predicted molar refractivity (Wildman–Crippen MR) is 207 cm³/mol. The van der Waals surface area contributed by atoms with Crippen LogP contribution in [0.1, 0.15) is 67.9 Å². The Kier molecular flexibility index (Phi) is 11.5. The molecule has 288 valence electrons. The van der Waals surface area contributed by atoms with Crippen molar-refractivity contribution >= 4 is 39.4 Å². The number of anilines is 2. The number of ether oxygens (including phenoxy) is 1. The van der Waals surface area contributed by atoms with Crippen LogP contribution in [0.3, 0.4) is 0 Å². The third-order valence-electron chi connectivity index (χ3n) is 10.2. The van der Waals surface area contributed by atoms with Gasteiger partial charge in [0.1, 0.15) is 16.5 Å². The van der Waals surface area contributed by atoms with Crippen LogP contribution in [0.5, 0.6) is 5.88 Å². The first-order valence-electron chi connectivity index (χ1n) is 18.0. The van der Waals surface area contributed by atoms with E-state index in [0.717, 1.165) is 38.9 Å². The number of pyridine rings is 1. The lowest BCUT2D eigenvalue weighted by Crippen LogP contribution is -2.37. The van der Waals surface area contributed by atoms with E-state index in [4.69, 9.17) is 4.74 Å². The number of amides is 1. The first kappa shape index (κ1) is 39.0. The molecule has 6 rings (SSSR count). The Balaban J connectivity index is 1.40. The van der Waals surface area contributed by atoms with Crippen LogP contribution in [0, 0.1) is 19.3 Å². The quantitative estimate of drug-likeness (QED) is 0.0878. The number of nitrogens with one attached hydrogen (secondary N) is 2. The number of hydrogen-bond acceptors (Lipinski definition) is 13. The average molecular weight is 760 g/mol. The molecule has 15 nitrogen and oxygen atoms in total. The molecule has 0 saturated heterocycles. The van der Waals surface area contributed by atoms with E-state index in [2.05, 4.69) is 42.0 Å². The molecule has 0 fully saturated rings. The summed E-state index contributed by atoms with van der Waals surface area (Å²) in [7, 11) is -3.46. The largest absolute Gasteiger partial charge is 0.472 e. The monoisotopic (exact) mass is 759 g/mol. The van der Waals surface area contributed by atoms with Gasteiger partial charge in [-0.05, 0) is 73.2 Å². The van der Waals surface area contributed by atoms with Gasteiger partial charge >= 0.3 is 0 Å². The SMILES string of the molecule is CCC1CN(Cc2cc(C(c3ccc4c(nnn4CC)c3C)C(C)(C)C(=O)Nc3cnc(NC(CO)CO)nc3)ccc2C)S(O)(O)c2cccnc2O1. The fourth-order valence-corrected chi connectivity index (χ4v) is 8.44. The van der Waals surface area contributed by atoms with Gasteiger partial charge in [0.25, 0.3) is 0 Å². The number of carbonyl (C=O) groups is 1. The summed E-state index contributed by atoms with van der Waals surface area (Å²) < 4.78 is 33.1. The second kappa shape index (κ2) is 15.9. The Morgan fingerprint density at radius 2 is 1.80 bits per heavy atom. The van der Waals surface area contributed by atoms with Crippen LogP contribution in [0.2, 0.25) is 0 Å². The molecule has 0 saturated carbocycles. The van der Waals surface area contributed by atoms with E-state index < -0.39 is 28.2 Å². The second-order valence-electron chi connectivity index (χ2n) is 14.1. The van der Waals surface area contributed by atoms with Gasteiger partial charge in [-0.3, -0.25) is 13.9 Å². The molecule has 5 aromatic rings. The molecule has 4 heterocycles. The van der Waals surface area contributed by atoms with Crippen LogP contribution in [0.4, 0.5) is 11.6 Å². The van der Waals surface area contributed by atoms with Gasteiger partial charge in [-0.2, -0.15) is 4.31 Å². The molecule has 2 atom stereocenters. The molecule has 1 amide bonds. The summed E-state index contributed by atoms with van der Waals surface area (Å²) in [5.41, 5.74) is 5.42. The molecule has 16 heteroatoms. The lowest BCUT2D eigenvalue weighted by molar-refractivity contribution is -0.124. The summed E-state index contributed by atoms with van der Waals surface area (Å²) in [5.74, 6) is -0.349. The van der Waals surface area contributed by atoms with Crippen LogP contribution in [-0.2, 0) is 17.9 Å². The number of aromatic nitrogens is 6. The molecule has 0 spiro atoms. The van der Waals surface area contributed by atoms with E-state index in [-0.39, 0.29) is 55.0 Å². The number of aliphatic hydroxyl groups excluding tert-OH is 2. The summed E-state index contributed by atoms with van der Waals surface area (Å²) in [6.07, 6.45) is 4.85. The smallest absolute Gasteiger partial charge is 0.239 e. The molecule has 54 heavy (non-hydrogen) atoms. The van der Waals surface area contributed by atoms with Gasteiger partial charge in [-0.25, -0.2) is 19.6 Å². The summed E-state index contributed by atoms with van der Waals surface area (Å²) in [5, 5.41) is 33.5. The maximum absolute atomic E-state index is 14.4. The van der Waals surface area contributed by atoms with Crippen molar-refractivity contribution in [2.75, 3.05) is 30.4 Å². The number of carbonyl (C=O) groups excluding carboxylic acids is 1. The number of aliphatic hydroxyl groups is 2. The first-order chi connectivity index (χ1) is 25.8. The van der Waals surface area contributed by atoms with Crippen molar-refractivity contribution in [3.8, 4) is 5.88 Å². The van der Waals surface area contributed by atoms with Crippen molar-refractivity contribution in [3.63, 3.8) is 0 Å². The fourth-order valence-electron chi connectivity index (χ4n) is 6.87. The zero-order valence-electron chi connectivity index (χ0n) is 31.4. The number of hydrogen-bond donors (Lipinski definition) is 6. The van der Waals surface area contributed by atoms with Gasteiger partial charge < -0.3 is 25.6 Å². The van der Waals surface area contributed by atoms with Gasteiger partial charge in [0.15, 0.2) is 0 Å². The highest BCUT2D eigenvalue weighted by Crippen LogP contribution is 2.57. The van der Waals surface area contributed by atoms with E-state index in [9.17, 15) is 24.1 Å². The van der Waals surface area contributed by atoms with Crippen molar-refractivity contribution in [3.05, 3.63) is 88.9 Å². The normalized spacial score (nSPS) is 17.1. The summed E-state index contributed by atoms with van der Waals surface area (Å²) in [6.45, 7) is 12.3. The minimum absolute atomic E-state index is 0.201. The number of benzene rings is 2. The highest BCUT2D eigenvalue weighted by Gasteiger charge is 2.41. The molecule has 0 radical (unpaired) electrons. The Bertz CT molecular complexity index is 2110. The van der Waals surface area contributed by atoms with Crippen molar-refractivity contribution in [1.82, 2.24) is 34.3 Å². The lowest BCUT2D eigenvalue weighted by Gasteiger charge is -2.42. The molecule has 2 aromatic carbocycles. The molecular formula is C38H49N9O6S. The van der Waals surface area contributed by atoms with E-state index in [0.29, 0.717) is 18.7 Å². The molecule has 0 bridgehead atoms. The van der Waals surface area contributed by atoms with E-state index in [1.807, 2.05) is 70.5 Å². The predicted octanol–water partition coefficient (Wildman–Crippen LogP) is 5.51. The molecule has 6 N–H and O–H groups in total. The Hall–Kier alpha value is -4.71. The fraction of sp³-hybridized carbons (Fsp3) is 0.421. The minimum atomic E-state index is -3.46. The van der Waals surface area contributed by atoms with Crippen molar-refractivity contribution < 1.29 is 28.8 Å². The zero-order valence-corrected chi connectivity index (χ0v) is 32.2. The Morgan fingerprint density at radius 3 is 2.48 bits per heavy atom. The van der Waals surface area contributed by atoms with Crippen LogP contribution in [0.15, 0.2) is 66.0 Å². The minimum Gasteiger partial charge on any atom is -0.472 e. The topological polar surface area (TPSA) is 204 Å². The van der Waals surface area contributed by atoms with Crippen LogP contribution >= 0.6 is 10.8 Å². The molecule has 3 aromatic heterocycles. The number of nitrogens with zero attached hydrogens (tertiary/aromatic N) is 7. The van der Waals surface area contributed by atoms with Crippen LogP contribution in [0.25, 0.3) is 11.0 Å². The number of fused-ring (bicyclic) bond motifs is 2. The summed E-state index contributed by atoms with van der Waals surface area (Å²) in [4.78, 5) is 27.5. The number of aryl methyl sites for hydroxylation is 3. The van der Waals surface area contributed by atoms with Crippen LogP contribution < -0.4 is 15.4 Å². The molecule has 1 aliphatic rings. The van der Waals surface area contributed by atoms with E-state index in [1.165, 1.54) is 12.4 Å². The third-order valence-corrected chi connectivity index (χ3v) is 12.1. The van der Waals surface area contributed by atoms with Gasteiger partial charge in [0.2, 0.25) is 17.7 Å². The second-order valence-corrected chi connectivity index (χ2v) is 16.1. The molecule has 1 aliphatic heterocycles. The molecular weight excluding hydrogens is 711 g/mol. The van der Waals surface area contributed by atoms with E-state index in [1.54, 1.807) is 22.6 Å². The maximum Gasteiger partial charge on any atom is 0.239 e. The highest BCUT2D eigenvalue weighted by atomic mass is 32.3. The zero-order chi connectivity index (χ0) is 38.8. The first-order valence-corrected chi connectivity index (χ1v) is 19.5. The Morgan fingerprint density at radius 1 is 1.06 bits per heavy atom. The average Bonchev–Trinajstić information content (AvgIpc) is 3.55. The van der Waals surface area contributed by atoms with Gasteiger partial charge in [-0.15, -0.1) is 15.9 Å².